The number of piperidine rings is 1. The van der Waals surface area contributed by atoms with Crippen LogP contribution >= 0.6 is 0 Å². The van der Waals surface area contributed by atoms with Crippen LogP contribution in [-0.4, -0.2) is 43.8 Å². The van der Waals surface area contributed by atoms with Crippen LogP contribution in [0.2, 0.25) is 0 Å². The third-order valence-electron chi connectivity index (χ3n) is 2.64. The Hall–Kier alpha value is -0.120. The number of methoxy groups -OCH3 is 1. The maximum atomic E-state index is 5.86. The molecule has 72 valence electrons. The van der Waals surface area contributed by atoms with Gasteiger partial charge in [-0.2, -0.15) is 0 Å². The molecule has 2 unspecified atom stereocenters. The molecule has 0 aliphatic carbocycles. The van der Waals surface area contributed by atoms with E-state index in [1.165, 1.54) is 0 Å². The number of nitrogens with zero attached hydrogens (tertiary/aromatic N) is 1. The van der Waals surface area contributed by atoms with E-state index in [0.717, 1.165) is 32.5 Å². The first-order valence-corrected chi connectivity index (χ1v) is 4.72. The van der Waals surface area contributed by atoms with Crippen molar-refractivity contribution in [1.82, 2.24) is 4.90 Å². The monoisotopic (exact) mass is 172 g/mol. The summed E-state index contributed by atoms with van der Waals surface area (Å²) in [6.45, 7) is 5.25. The highest BCUT2D eigenvalue weighted by Crippen LogP contribution is 2.14. The highest BCUT2D eigenvalue weighted by Gasteiger charge is 2.22. The number of hydrogen-bond donors (Lipinski definition) is 1. The topological polar surface area (TPSA) is 38.5 Å². The van der Waals surface area contributed by atoms with E-state index in [1.54, 1.807) is 7.11 Å². The van der Waals surface area contributed by atoms with Gasteiger partial charge in [0.1, 0.15) is 0 Å². The van der Waals surface area contributed by atoms with Crippen molar-refractivity contribution in [2.75, 3.05) is 26.8 Å². The first-order chi connectivity index (χ1) is 5.74. The van der Waals surface area contributed by atoms with Gasteiger partial charge in [-0.15, -0.1) is 0 Å². The molecular formula is C9H20N2O. The van der Waals surface area contributed by atoms with Gasteiger partial charge in [-0.25, -0.2) is 0 Å². The van der Waals surface area contributed by atoms with Crippen molar-refractivity contribution in [2.45, 2.75) is 31.8 Å². The molecule has 0 amide bonds. The molecule has 0 aromatic rings. The zero-order valence-electron chi connectivity index (χ0n) is 8.12. The molecule has 2 N–H and O–H groups in total. The maximum Gasteiger partial charge on any atom is 0.0589 e. The highest BCUT2D eigenvalue weighted by molar-refractivity contribution is 4.80. The summed E-state index contributed by atoms with van der Waals surface area (Å²) in [6.07, 6.45) is 2.26. The molecule has 12 heavy (non-hydrogen) atoms. The van der Waals surface area contributed by atoms with Crippen molar-refractivity contribution in [3.63, 3.8) is 0 Å². The Bertz CT molecular complexity index is 128. The number of ether oxygens (including phenoxy) is 1. The van der Waals surface area contributed by atoms with Crippen LogP contribution in [0.25, 0.3) is 0 Å². The van der Waals surface area contributed by atoms with Crippen LogP contribution in [0.4, 0.5) is 0 Å². The van der Waals surface area contributed by atoms with Crippen LogP contribution in [0.15, 0.2) is 0 Å². The van der Waals surface area contributed by atoms with Crippen LogP contribution in [0.5, 0.6) is 0 Å². The Labute approximate surface area is 74.9 Å². The Kier molecular flexibility index (Phi) is 3.98. The predicted molar refractivity (Wildman–Crippen MR) is 50.1 cm³/mol. The van der Waals surface area contributed by atoms with E-state index in [-0.39, 0.29) is 0 Å². The van der Waals surface area contributed by atoms with Gasteiger partial charge >= 0.3 is 0 Å². The Morgan fingerprint density at radius 2 is 2.33 bits per heavy atom. The van der Waals surface area contributed by atoms with E-state index in [9.17, 15) is 0 Å². The van der Waals surface area contributed by atoms with Crippen LogP contribution in [0.3, 0.4) is 0 Å². The average Bonchev–Trinajstić information content (AvgIpc) is 2.03. The second-order valence-electron chi connectivity index (χ2n) is 3.66. The van der Waals surface area contributed by atoms with Gasteiger partial charge in [-0.05, 0) is 26.3 Å². The minimum absolute atomic E-state index is 0.416. The molecule has 0 radical (unpaired) electrons. The van der Waals surface area contributed by atoms with Crippen LogP contribution in [0, 0.1) is 0 Å². The lowest BCUT2D eigenvalue weighted by molar-refractivity contribution is 0.0970. The summed E-state index contributed by atoms with van der Waals surface area (Å²) >= 11 is 0. The normalized spacial score (nSPS) is 32.2. The summed E-state index contributed by atoms with van der Waals surface area (Å²) in [5.41, 5.74) is 5.86. The summed E-state index contributed by atoms with van der Waals surface area (Å²) in [4.78, 5) is 2.45. The Balaban J connectivity index is 2.25. The molecule has 1 fully saturated rings. The van der Waals surface area contributed by atoms with E-state index in [2.05, 4.69) is 11.8 Å². The Morgan fingerprint density at radius 1 is 1.58 bits per heavy atom. The molecule has 1 heterocycles. The lowest BCUT2D eigenvalue weighted by atomic mass is 9.99. The molecule has 0 aromatic heterocycles. The third-order valence-corrected chi connectivity index (χ3v) is 2.64. The summed E-state index contributed by atoms with van der Waals surface area (Å²) in [6, 6.07) is 1.04. The summed E-state index contributed by atoms with van der Waals surface area (Å²) in [5.74, 6) is 0. The van der Waals surface area contributed by atoms with Crippen molar-refractivity contribution in [3.8, 4) is 0 Å². The van der Waals surface area contributed by atoms with Gasteiger partial charge in [0, 0.05) is 25.7 Å². The van der Waals surface area contributed by atoms with Gasteiger partial charge in [0.25, 0.3) is 0 Å². The van der Waals surface area contributed by atoms with Crippen LogP contribution < -0.4 is 5.73 Å². The van der Waals surface area contributed by atoms with Crippen LogP contribution in [0.1, 0.15) is 19.8 Å². The Morgan fingerprint density at radius 3 is 2.92 bits per heavy atom. The average molecular weight is 172 g/mol. The fraction of sp³-hybridized carbons (Fsp3) is 1.00. The standard InChI is InChI=1S/C9H20N2O/c1-8-7-9(10)3-4-11(8)5-6-12-2/h8-9H,3-7,10H2,1-2H3. The lowest BCUT2D eigenvalue weighted by Gasteiger charge is -2.36. The van der Waals surface area contributed by atoms with Gasteiger partial charge in [0.2, 0.25) is 0 Å². The minimum atomic E-state index is 0.416. The molecule has 3 nitrogen and oxygen atoms in total. The van der Waals surface area contributed by atoms with Crippen molar-refractivity contribution in [1.29, 1.82) is 0 Å². The van der Waals surface area contributed by atoms with E-state index in [0.29, 0.717) is 12.1 Å². The molecule has 1 saturated heterocycles. The maximum absolute atomic E-state index is 5.86. The van der Waals surface area contributed by atoms with Crippen LogP contribution in [-0.2, 0) is 4.74 Å². The fourth-order valence-electron chi connectivity index (χ4n) is 1.80. The largest absolute Gasteiger partial charge is 0.383 e. The van der Waals surface area contributed by atoms with Gasteiger partial charge < -0.3 is 10.5 Å². The van der Waals surface area contributed by atoms with Crippen molar-refractivity contribution >= 4 is 0 Å². The molecule has 0 bridgehead atoms. The summed E-state index contributed by atoms with van der Waals surface area (Å²) < 4.78 is 5.05. The third kappa shape index (κ3) is 2.73. The SMILES string of the molecule is COCCN1CCC(N)CC1C. The molecule has 2 atom stereocenters. The smallest absolute Gasteiger partial charge is 0.0589 e. The first kappa shape index (κ1) is 9.96. The molecule has 0 aromatic carbocycles. The van der Waals surface area contributed by atoms with E-state index >= 15 is 0 Å². The van der Waals surface area contributed by atoms with E-state index in [4.69, 9.17) is 10.5 Å². The van der Waals surface area contributed by atoms with Crippen molar-refractivity contribution in [3.05, 3.63) is 0 Å². The quantitative estimate of drug-likeness (QED) is 0.671. The number of hydrogen-bond acceptors (Lipinski definition) is 3. The van der Waals surface area contributed by atoms with Gasteiger partial charge in [0.15, 0.2) is 0 Å². The molecule has 1 aliphatic heterocycles. The van der Waals surface area contributed by atoms with Gasteiger partial charge in [-0.1, -0.05) is 0 Å². The molecule has 0 spiro atoms. The second kappa shape index (κ2) is 4.80. The summed E-state index contributed by atoms with van der Waals surface area (Å²) in [7, 11) is 1.75. The zero-order valence-corrected chi connectivity index (χ0v) is 8.12. The van der Waals surface area contributed by atoms with Gasteiger partial charge in [0.05, 0.1) is 6.61 Å². The minimum Gasteiger partial charge on any atom is -0.383 e. The first-order valence-electron chi connectivity index (χ1n) is 4.72. The van der Waals surface area contributed by atoms with Crippen molar-refractivity contribution in [2.24, 2.45) is 5.73 Å². The molecule has 1 rings (SSSR count). The lowest BCUT2D eigenvalue weighted by Crippen LogP contribution is -2.46. The van der Waals surface area contributed by atoms with E-state index in [1.807, 2.05) is 0 Å². The zero-order chi connectivity index (χ0) is 8.97. The predicted octanol–water partition coefficient (Wildman–Crippen LogP) is 0.444. The van der Waals surface area contributed by atoms with Gasteiger partial charge in [-0.3, -0.25) is 4.90 Å². The fourth-order valence-corrected chi connectivity index (χ4v) is 1.80. The van der Waals surface area contributed by atoms with Crippen molar-refractivity contribution < 1.29 is 4.74 Å². The molecular weight excluding hydrogens is 152 g/mol. The summed E-state index contributed by atoms with van der Waals surface area (Å²) in [5, 5.41) is 0. The number of nitrogens with two attached hydrogens (primary N) is 1. The molecule has 3 heteroatoms. The number of likely N-dealkylation sites (tertiary alicyclic amines) is 1. The van der Waals surface area contributed by atoms with E-state index < -0.39 is 0 Å². The molecule has 0 saturated carbocycles. The second-order valence-corrected chi connectivity index (χ2v) is 3.66. The highest BCUT2D eigenvalue weighted by atomic mass is 16.5. The number of rotatable bonds is 3. The molecule has 1 aliphatic rings.